The van der Waals surface area contributed by atoms with E-state index in [-0.39, 0.29) is 0 Å². The van der Waals surface area contributed by atoms with E-state index in [0.717, 1.165) is 35.8 Å². The number of benzene rings is 1. The summed E-state index contributed by atoms with van der Waals surface area (Å²) < 4.78 is 3.90. The second kappa shape index (κ2) is 8.67. The second-order valence-electron chi connectivity index (χ2n) is 8.93. The van der Waals surface area contributed by atoms with Crippen LogP contribution in [0.15, 0.2) is 73.6 Å². The van der Waals surface area contributed by atoms with Crippen molar-refractivity contribution < 1.29 is 0 Å². The first kappa shape index (κ1) is 19.9. The van der Waals surface area contributed by atoms with Crippen LogP contribution in [-0.2, 0) is 13.1 Å². The Morgan fingerprint density at radius 1 is 1.06 bits per heavy atom. The van der Waals surface area contributed by atoms with E-state index in [0.29, 0.717) is 12.4 Å². The zero-order chi connectivity index (χ0) is 22.0. The van der Waals surface area contributed by atoms with Crippen LogP contribution in [-0.4, -0.2) is 35.8 Å². The molecule has 166 valence electrons. The van der Waals surface area contributed by atoms with E-state index in [9.17, 15) is 0 Å². The van der Waals surface area contributed by atoms with E-state index < -0.39 is 0 Å². The minimum atomic E-state index is 0.669. The summed E-state index contributed by atoms with van der Waals surface area (Å²) >= 11 is 0. The maximum atomic E-state index is 4.69. The maximum absolute atomic E-state index is 4.69. The second-order valence-corrected chi connectivity index (χ2v) is 8.93. The number of aromatic nitrogens is 6. The molecule has 0 amide bonds. The molecule has 1 saturated carbocycles. The number of hydrogen-bond acceptors (Lipinski definition) is 4. The van der Waals surface area contributed by atoms with Gasteiger partial charge in [0.2, 0.25) is 0 Å². The smallest absolute Gasteiger partial charge is 0.182 e. The third-order valence-electron chi connectivity index (χ3n) is 6.48. The number of hydrogen-bond donors (Lipinski definition) is 2. The molecule has 0 radical (unpaired) electrons. The molecule has 2 N–H and O–H groups in total. The number of nitrogens with one attached hydrogen (secondary N) is 2. The third kappa shape index (κ3) is 4.32. The molecule has 0 unspecified atom stereocenters. The molecule has 0 saturated heterocycles. The summed E-state index contributed by atoms with van der Waals surface area (Å²) in [6.45, 7) is 2.68. The summed E-state index contributed by atoms with van der Waals surface area (Å²) in [5.74, 6) is 1.55. The highest BCUT2D eigenvalue weighted by Crippen LogP contribution is 2.25. The van der Waals surface area contributed by atoms with Gasteiger partial charge in [-0.2, -0.15) is 5.10 Å². The Morgan fingerprint density at radius 3 is 2.82 bits per heavy atom. The molecule has 1 aliphatic rings. The number of H-pyrrole nitrogens is 1. The van der Waals surface area contributed by atoms with Gasteiger partial charge >= 0.3 is 0 Å². The standard InChI is InChI=1S/C26H27N7/c1-2-9-32(8-1)24-12-22(14-28-16-24)26-29-18-33(31-26)17-20-6-7-21-11-23(30-25(21)10-20)15-27-13-19-4-3-5-19/h1-2,6-12,14,16,18-19,27,30H,3-5,13,15,17H2. The summed E-state index contributed by atoms with van der Waals surface area (Å²) in [5, 5.41) is 9.52. The largest absolute Gasteiger partial charge is 0.357 e. The predicted molar refractivity (Wildman–Crippen MR) is 129 cm³/mol. The average molecular weight is 438 g/mol. The lowest BCUT2D eigenvalue weighted by Gasteiger charge is -2.25. The molecule has 5 aromatic rings. The van der Waals surface area contributed by atoms with Gasteiger partial charge in [0.1, 0.15) is 6.33 Å². The Kier molecular flexibility index (Phi) is 5.24. The van der Waals surface area contributed by atoms with E-state index in [2.05, 4.69) is 50.6 Å². The normalized spacial score (nSPS) is 14.1. The quantitative estimate of drug-likeness (QED) is 0.373. The van der Waals surface area contributed by atoms with E-state index in [1.54, 1.807) is 12.5 Å². The molecule has 4 heterocycles. The van der Waals surface area contributed by atoms with E-state index in [1.807, 2.05) is 40.0 Å². The molecule has 33 heavy (non-hydrogen) atoms. The van der Waals surface area contributed by atoms with E-state index in [4.69, 9.17) is 5.10 Å². The maximum Gasteiger partial charge on any atom is 0.182 e. The number of nitrogens with zero attached hydrogens (tertiary/aromatic N) is 5. The van der Waals surface area contributed by atoms with Crippen LogP contribution in [0.3, 0.4) is 0 Å². The lowest BCUT2D eigenvalue weighted by molar-refractivity contribution is 0.301. The van der Waals surface area contributed by atoms with E-state index >= 15 is 0 Å². The summed E-state index contributed by atoms with van der Waals surface area (Å²) in [6, 6.07) is 14.8. The van der Waals surface area contributed by atoms with Crippen molar-refractivity contribution in [3.05, 3.63) is 84.8 Å². The molecule has 6 rings (SSSR count). The lowest BCUT2D eigenvalue weighted by Crippen LogP contribution is -2.26. The highest BCUT2D eigenvalue weighted by Gasteiger charge is 2.16. The number of fused-ring (bicyclic) bond motifs is 1. The zero-order valence-electron chi connectivity index (χ0n) is 18.5. The summed E-state index contributed by atoms with van der Waals surface area (Å²) in [6.07, 6.45) is 13.6. The Hall–Kier alpha value is -3.71. The summed E-state index contributed by atoms with van der Waals surface area (Å²) in [7, 11) is 0. The number of aromatic amines is 1. The zero-order valence-corrected chi connectivity index (χ0v) is 18.5. The van der Waals surface area contributed by atoms with Gasteiger partial charge in [0.15, 0.2) is 5.82 Å². The molecular formula is C26H27N7. The van der Waals surface area contributed by atoms with Gasteiger partial charge in [-0.05, 0) is 66.6 Å². The van der Waals surface area contributed by atoms with Crippen molar-refractivity contribution in [2.24, 2.45) is 5.92 Å². The third-order valence-corrected chi connectivity index (χ3v) is 6.48. The van der Waals surface area contributed by atoms with Crippen LogP contribution in [0.5, 0.6) is 0 Å². The SMILES string of the molecule is c1ccn(-c2cncc(-c3ncn(Cc4ccc5cc(CNCC6CCC6)[nH]c5c4)n3)c2)c1. The molecule has 1 aliphatic carbocycles. The number of rotatable bonds is 8. The fourth-order valence-electron chi connectivity index (χ4n) is 4.42. The molecule has 0 bridgehead atoms. The van der Waals surface area contributed by atoms with Crippen LogP contribution in [0.2, 0.25) is 0 Å². The van der Waals surface area contributed by atoms with E-state index in [1.165, 1.54) is 35.9 Å². The van der Waals surface area contributed by atoms with Crippen LogP contribution in [0.4, 0.5) is 0 Å². The molecule has 0 spiro atoms. The van der Waals surface area contributed by atoms with Gasteiger partial charge in [0.05, 0.1) is 18.4 Å². The molecule has 0 aliphatic heterocycles. The predicted octanol–water partition coefficient (Wildman–Crippen LogP) is 4.55. The molecule has 7 heteroatoms. The lowest BCUT2D eigenvalue weighted by atomic mass is 9.85. The van der Waals surface area contributed by atoms with Crippen LogP contribution >= 0.6 is 0 Å². The number of pyridine rings is 1. The minimum absolute atomic E-state index is 0.669. The molecule has 1 fully saturated rings. The molecular weight excluding hydrogens is 410 g/mol. The Morgan fingerprint density at radius 2 is 1.97 bits per heavy atom. The summed E-state index contributed by atoms with van der Waals surface area (Å²) in [5.41, 5.74) is 5.48. The highest BCUT2D eigenvalue weighted by atomic mass is 15.3. The van der Waals surface area contributed by atoms with Crippen LogP contribution in [0.1, 0.15) is 30.5 Å². The molecule has 0 atom stereocenters. The van der Waals surface area contributed by atoms with Gasteiger partial charge < -0.3 is 14.9 Å². The Balaban J connectivity index is 1.15. The monoisotopic (exact) mass is 437 g/mol. The molecule has 1 aromatic carbocycles. The van der Waals surface area contributed by atoms with Gasteiger partial charge in [0.25, 0.3) is 0 Å². The van der Waals surface area contributed by atoms with Crippen LogP contribution < -0.4 is 5.32 Å². The minimum Gasteiger partial charge on any atom is -0.357 e. The fraction of sp³-hybridized carbons (Fsp3) is 0.269. The molecule has 4 aromatic heterocycles. The van der Waals surface area contributed by atoms with Gasteiger partial charge in [-0.1, -0.05) is 18.6 Å². The van der Waals surface area contributed by atoms with Crippen molar-refractivity contribution in [3.63, 3.8) is 0 Å². The van der Waals surface area contributed by atoms with Crippen molar-refractivity contribution >= 4 is 10.9 Å². The van der Waals surface area contributed by atoms with Gasteiger partial charge in [-0.25, -0.2) is 9.67 Å². The van der Waals surface area contributed by atoms with Crippen molar-refractivity contribution in [3.8, 4) is 17.1 Å². The summed E-state index contributed by atoms with van der Waals surface area (Å²) in [4.78, 5) is 12.4. The van der Waals surface area contributed by atoms with Crippen LogP contribution in [0, 0.1) is 5.92 Å². The fourth-order valence-corrected chi connectivity index (χ4v) is 4.42. The van der Waals surface area contributed by atoms with Crippen LogP contribution in [0.25, 0.3) is 28.0 Å². The topological polar surface area (TPSA) is 76.3 Å². The van der Waals surface area contributed by atoms with Crippen molar-refractivity contribution in [1.29, 1.82) is 0 Å². The average Bonchev–Trinajstić information content (AvgIpc) is 3.56. The van der Waals surface area contributed by atoms with Gasteiger partial charge in [-0.3, -0.25) is 4.98 Å². The van der Waals surface area contributed by atoms with Gasteiger partial charge in [-0.15, -0.1) is 0 Å². The molecule has 7 nitrogen and oxygen atoms in total. The van der Waals surface area contributed by atoms with Crippen molar-refractivity contribution in [2.45, 2.75) is 32.4 Å². The first-order valence-corrected chi connectivity index (χ1v) is 11.6. The highest BCUT2D eigenvalue weighted by molar-refractivity contribution is 5.81. The van der Waals surface area contributed by atoms with Crippen molar-refractivity contribution in [1.82, 2.24) is 34.6 Å². The van der Waals surface area contributed by atoms with Crippen molar-refractivity contribution in [2.75, 3.05) is 6.54 Å². The first-order valence-electron chi connectivity index (χ1n) is 11.6. The Labute approximate surface area is 192 Å². The Bertz CT molecular complexity index is 1360. The van der Waals surface area contributed by atoms with Gasteiger partial charge in [0, 0.05) is 41.9 Å². The first-order chi connectivity index (χ1) is 16.3.